The van der Waals surface area contributed by atoms with Crippen molar-refractivity contribution in [3.8, 4) is 62.4 Å². The molecule has 7 nitrogen and oxygen atoms in total. The Hall–Kier alpha value is -8.29. The smallest absolute Gasteiger partial charge is 0.510 e. The summed E-state index contributed by atoms with van der Waals surface area (Å²) >= 11 is 0. The van der Waals surface area contributed by atoms with Crippen molar-refractivity contribution in [2.45, 2.75) is 26.2 Å². The molecular formula is C64H46N4O3PtSi-2. The molecule has 1 aliphatic rings. The maximum atomic E-state index is 9.07. The number of nitrogens with zero attached hydrogens (tertiary/aromatic N) is 4. The van der Waals surface area contributed by atoms with Crippen molar-refractivity contribution in [3.05, 3.63) is 248 Å². The molecular weight excluding hydrogens is 1100 g/mol. The summed E-state index contributed by atoms with van der Waals surface area (Å²) in [6.07, 6.45) is 5.24. The van der Waals surface area contributed by atoms with Gasteiger partial charge in [0, 0.05) is 60.7 Å². The minimum absolute atomic E-state index is 0. The molecule has 9 aromatic carbocycles. The number of pyridine rings is 1. The predicted molar refractivity (Wildman–Crippen MR) is 289 cm³/mol. The Morgan fingerprint density at radius 1 is 0.603 bits per heavy atom. The fourth-order valence-corrected chi connectivity index (χ4v) is 12.6. The molecule has 1 aliphatic heterocycles. The molecule has 0 atom stereocenters. The van der Waals surface area contributed by atoms with E-state index in [0.717, 1.165) is 32.2 Å². The van der Waals surface area contributed by atoms with Crippen LogP contribution >= 0.6 is 0 Å². The van der Waals surface area contributed by atoms with E-state index in [9.17, 15) is 0 Å². The average molecular weight is 1150 g/mol. The Morgan fingerprint density at radius 2 is 1.22 bits per heavy atom. The summed E-state index contributed by atoms with van der Waals surface area (Å²) in [5.41, 5.74) is 4.11. The van der Waals surface area contributed by atoms with Gasteiger partial charge in [-0.05, 0) is 62.5 Å². The van der Waals surface area contributed by atoms with E-state index in [4.69, 9.17) is 32.3 Å². The minimum Gasteiger partial charge on any atom is -0.510 e. The van der Waals surface area contributed by atoms with Crippen LogP contribution in [0.2, 0.25) is 0 Å². The zero-order valence-electron chi connectivity index (χ0n) is 49.4. The van der Waals surface area contributed by atoms with Crippen LogP contribution in [0.3, 0.4) is 0 Å². The Bertz CT molecular complexity index is 4450. The van der Waals surface area contributed by atoms with Crippen molar-refractivity contribution in [1.29, 1.82) is 0 Å². The summed E-state index contributed by atoms with van der Waals surface area (Å²) in [7, 11) is -3.25. The summed E-state index contributed by atoms with van der Waals surface area (Å²) in [6.45, 7) is 6.49. The number of aromatic nitrogens is 4. The van der Waals surface area contributed by atoms with Gasteiger partial charge in [0.05, 0.1) is 30.4 Å². The van der Waals surface area contributed by atoms with Gasteiger partial charge in [-0.15, -0.1) is 29.7 Å². The van der Waals surface area contributed by atoms with E-state index in [1.807, 2.05) is 91.1 Å². The second kappa shape index (κ2) is 18.4. The zero-order valence-corrected chi connectivity index (χ0v) is 42.7. The van der Waals surface area contributed by atoms with E-state index in [2.05, 4.69) is 74.1 Å². The van der Waals surface area contributed by atoms with E-state index >= 15 is 0 Å². The first-order chi connectivity index (χ1) is 39.4. The standard InChI is InChI=1S/C64H46N4O3Si.Pt/c1-64(2,3)46-36-37-65-62(38-46)68-58-40-49(34-35-54(58)55-41-60-61(42-59(55)68)71-72(70-60,50-26-12-6-13-27-50)51-28-14-7-15-29-51)69-48-25-18-24-47(39-48)66-43-67(57-33-17-16-32-56(57)66)63-52(44-20-8-4-9-21-44)30-19-31-53(63)45-22-10-5-11-23-45;/h4-38,41-42H,1-3H3;/q-2;/i4D,5D,8D,9D,10D,11D,20D,21D,22D,23D;. The third kappa shape index (κ3) is 8.04. The van der Waals surface area contributed by atoms with Crippen molar-refractivity contribution < 1.29 is 52.9 Å². The topological polar surface area (TPSA) is 54.3 Å². The van der Waals surface area contributed by atoms with Gasteiger partial charge < -0.3 is 22.7 Å². The van der Waals surface area contributed by atoms with E-state index in [-0.39, 0.29) is 54.4 Å². The van der Waals surface area contributed by atoms with Gasteiger partial charge in [0.15, 0.2) is 0 Å². The number of ether oxygens (including phenoxy) is 1. The van der Waals surface area contributed by atoms with Gasteiger partial charge in [-0.3, -0.25) is 4.57 Å². The molecule has 73 heavy (non-hydrogen) atoms. The molecule has 13 rings (SSSR count). The maximum absolute atomic E-state index is 9.07. The van der Waals surface area contributed by atoms with Crippen LogP contribution in [0, 0.1) is 18.5 Å². The number of hydrogen-bond donors (Lipinski definition) is 0. The molecule has 0 saturated heterocycles. The molecule has 0 N–H and O–H groups in total. The molecule has 12 aromatic rings. The molecule has 9 heteroatoms. The van der Waals surface area contributed by atoms with Crippen molar-refractivity contribution in [1.82, 2.24) is 14.1 Å². The Balaban J connectivity index is 0.00000680. The van der Waals surface area contributed by atoms with E-state index in [1.165, 1.54) is 0 Å². The predicted octanol–water partition coefficient (Wildman–Crippen LogP) is 13.2. The number of para-hydroxylation sites is 3. The number of benzene rings is 9. The van der Waals surface area contributed by atoms with Gasteiger partial charge in [-0.1, -0.05) is 190 Å². The third-order valence-electron chi connectivity index (χ3n) is 12.9. The van der Waals surface area contributed by atoms with Crippen LogP contribution in [-0.4, -0.2) is 22.7 Å². The Labute approximate surface area is 453 Å². The van der Waals surface area contributed by atoms with Crippen molar-refractivity contribution >= 4 is 51.8 Å². The molecule has 0 fully saturated rings. The molecule has 4 heterocycles. The molecule has 356 valence electrons. The number of imidazole rings is 1. The molecule has 0 amide bonds. The van der Waals surface area contributed by atoms with Crippen LogP contribution in [0.25, 0.3) is 72.3 Å². The normalized spacial score (nSPS) is 14.7. The SMILES string of the molecule is [2H]c1c([2H])c([2H])c(-c2cccc(-c3c([2H])c([2H])c([2H])c([2H])c3[2H])c2-[n+]2[c-]n(-c3[c-]c(Oc4[c-]c5c(cc4)c4cc6c(cc4n5-c4cc(C(C)(C)C)ccn4)O[Si](c4ccccc4)(c4ccccc4)O6)ccc3)c3ccccc32)c([2H])c1[2H].[Pt]. The number of fused-ring (bicyclic) bond motifs is 5. The molecule has 0 bridgehead atoms. The monoisotopic (exact) mass is 1150 g/mol. The summed E-state index contributed by atoms with van der Waals surface area (Å²) in [6, 6.07) is 51.3. The van der Waals surface area contributed by atoms with Gasteiger partial charge in [-0.25, -0.2) is 4.98 Å². The van der Waals surface area contributed by atoms with E-state index < -0.39 is 69.0 Å². The van der Waals surface area contributed by atoms with Crippen LogP contribution in [-0.2, 0) is 26.5 Å². The quantitative estimate of drug-likeness (QED) is 0.0821. The number of rotatable bonds is 9. The molecule has 0 saturated carbocycles. The van der Waals surface area contributed by atoms with Gasteiger partial charge in [0.1, 0.15) is 17.3 Å². The van der Waals surface area contributed by atoms with E-state index in [0.29, 0.717) is 51.1 Å². The van der Waals surface area contributed by atoms with Gasteiger partial charge in [-0.2, -0.15) is 18.2 Å². The minimum atomic E-state index is -3.25. The maximum Gasteiger partial charge on any atom is 0.531 e. The molecule has 3 aromatic heterocycles. The summed E-state index contributed by atoms with van der Waals surface area (Å²) < 4.78 is 114. The van der Waals surface area contributed by atoms with Crippen molar-refractivity contribution in [3.63, 3.8) is 0 Å². The average Bonchev–Trinajstić information content (AvgIpc) is 3.35. The Morgan fingerprint density at radius 3 is 1.89 bits per heavy atom. The van der Waals surface area contributed by atoms with Crippen LogP contribution in [0.1, 0.15) is 40.0 Å². The molecule has 0 aliphatic carbocycles. The third-order valence-corrected chi connectivity index (χ3v) is 16.1. The molecule has 0 radical (unpaired) electrons. The largest absolute Gasteiger partial charge is 0.531 e. The second-order valence-corrected chi connectivity index (χ2v) is 21.2. The first-order valence-corrected chi connectivity index (χ1v) is 25.2. The molecule has 0 spiro atoms. The molecule has 0 unspecified atom stereocenters. The van der Waals surface area contributed by atoms with E-state index in [1.54, 1.807) is 51.6 Å². The Kier molecular flexibility index (Phi) is 9.01. The second-order valence-electron chi connectivity index (χ2n) is 18.4. The first kappa shape index (κ1) is 35.7. The van der Waals surface area contributed by atoms with Crippen LogP contribution in [0.4, 0.5) is 0 Å². The fraction of sp³-hybridized carbons (Fsp3) is 0.0625. The van der Waals surface area contributed by atoms with Crippen LogP contribution in [0.15, 0.2) is 224 Å². The summed E-state index contributed by atoms with van der Waals surface area (Å²) in [4.78, 5) is 4.94. The fourth-order valence-electron chi connectivity index (χ4n) is 9.55. The summed E-state index contributed by atoms with van der Waals surface area (Å²) in [5.74, 6) is 2.62. The summed E-state index contributed by atoms with van der Waals surface area (Å²) in [5, 5.41) is 3.73. The van der Waals surface area contributed by atoms with Crippen molar-refractivity contribution in [2.24, 2.45) is 0 Å². The first-order valence-electron chi connectivity index (χ1n) is 28.4. The van der Waals surface area contributed by atoms with Gasteiger partial charge in [0.25, 0.3) is 6.33 Å². The zero-order chi connectivity index (χ0) is 57.1. The number of hydrogen-bond acceptors (Lipinski definition) is 4. The van der Waals surface area contributed by atoms with Crippen LogP contribution < -0.4 is 28.5 Å². The van der Waals surface area contributed by atoms with Crippen molar-refractivity contribution in [2.75, 3.05) is 0 Å². The van der Waals surface area contributed by atoms with Crippen LogP contribution in [0.5, 0.6) is 23.0 Å². The van der Waals surface area contributed by atoms with Gasteiger partial charge in [0.2, 0.25) is 0 Å². The van der Waals surface area contributed by atoms with Gasteiger partial charge >= 0.3 is 8.56 Å².